The fourth-order valence-corrected chi connectivity index (χ4v) is 2.33. The van der Waals surface area contributed by atoms with E-state index in [2.05, 4.69) is 5.32 Å². The Morgan fingerprint density at radius 3 is 2.45 bits per heavy atom. The molecule has 1 aliphatic carbocycles. The predicted octanol–water partition coefficient (Wildman–Crippen LogP) is 3.22. The van der Waals surface area contributed by atoms with E-state index in [1.807, 2.05) is 0 Å². The molecule has 1 aliphatic rings. The Bertz CT molecular complexity index is 497. The molecule has 20 heavy (non-hydrogen) atoms. The number of benzene rings is 1. The minimum absolute atomic E-state index is 0.0213. The summed E-state index contributed by atoms with van der Waals surface area (Å²) in [6.45, 7) is 1.56. The van der Waals surface area contributed by atoms with Gasteiger partial charge in [0.25, 0.3) is 0 Å². The molecular formula is C14H16F3NO2. The average molecular weight is 287 g/mol. The summed E-state index contributed by atoms with van der Waals surface area (Å²) in [6, 6.07) is 3.79. The van der Waals surface area contributed by atoms with Crippen molar-refractivity contribution >= 4 is 5.97 Å². The van der Waals surface area contributed by atoms with E-state index in [4.69, 9.17) is 5.11 Å². The van der Waals surface area contributed by atoms with Crippen LogP contribution in [-0.4, -0.2) is 17.1 Å². The van der Waals surface area contributed by atoms with Crippen LogP contribution in [0.1, 0.15) is 36.9 Å². The van der Waals surface area contributed by atoms with Crippen molar-refractivity contribution in [1.82, 2.24) is 5.32 Å². The van der Waals surface area contributed by atoms with Crippen LogP contribution in [0.5, 0.6) is 0 Å². The van der Waals surface area contributed by atoms with E-state index in [-0.39, 0.29) is 11.5 Å². The molecule has 0 heterocycles. The molecule has 1 fully saturated rings. The second kappa shape index (κ2) is 5.44. The highest BCUT2D eigenvalue weighted by molar-refractivity contribution is 5.74. The molecule has 2 atom stereocenters. The second-order valence-electron chi connectivity index (χ2n) is 5.13. The summed E-state index contributed by atoms with van der Waals surface area (Å²) in [6.07, 6.45) is -2.83. The molecule has 0 amide bonds. The van der Waals surface area contributed by atoms with Gasteiger partial charge < -0.3 is 5.11 Å². The Kier molecular flexibility index (Phi) is 4.04. The largest absolute Gasteiger partial charge is 0.480 e. The van der Waals surface area contributed by atoms with E-state index in [0.717, 1.165) is 18.9 Å². The van der Waals surface area contributed by atoms with E-state index in [1.54, 1.807) is 6.92 Å². The van der Waals surface area contributed by atoms with Gasteiger partial charge in [-0.3, -0.25) is 10.1 Å². The molecule has 6 heteroatoms. The minimum atomic E-state index is -4.44. The third-order valence-corrected chi connectivity index (χ3v) is 3.52. The quantitative estimate of drug-likeness (QED) is 0.874. The Morgan fingerprint density at radius 1 is 1.35 bits per heavy atom. The maximum Gasteiger partial charge on any atom is 0.416 e. The van der Waals surface area contributed by atoms with Gasteiger partial charge in [0.2, 0.25) is 0 Å². The van der Waals surface area contributed by atoms with Crippen molar-refractivity contribution in [1.29, 1.82) is 0 Å². The lowest BCUT2D eigenvalue weighted by molar-refractivity contribution is -0.140. The van der Waals surface area contributed by atoms with Crippen LogP contribution in [0, 0.1) is 5.92 Å². The highest BCUT2D eigenvalue weighted by atomic mass is 19.4. The topological polar surface area (TPSA) is 49.3 Å². The van der Waals surface area contributed by atoms with E-state index < -0.39 is 29.8 Å². The molecule has 0 saturated heterocycles. The number of hydrogen-bond acceptors (Lipinski definition) is 2. The summed E-state index contributed by atoms with van der Waals surface area (Å²) in [5.41, 5.74) is -0.646. The van der Waals surface area contributed by atoms with Crippen LogP contribution in [0.15, 0.2) is 24.3 Å². The molecule has 2 N–H and O–H groups in total. The van der Waals surface area contributed by atoms with E-state index in [1.165, 1.54) is 18.2 Å². The maximum atomic E-state index is 12.9. The molecule has 1 saturated carbocycles. The van der Waals surface area contributed by atoms with E-state index in [0.29, 0.717) is 0 Å². The fourth-order valence-electron chi connectivity index (χ4n) is 2.33. The standard InChI is InChI=1S/C14H16F3NO2/c1-8(18-12(13(19)20)9-6-7-9)10-4-2-3-5-11(10)14(15,16)17/h2-5,8-9,12,18H,6-7H2,1H3,(H,19,20). The van der Waals surface area contributed by atoms with Gasteiger partial charge in [-0.15, -0.1) is 0 Å². The minimum Gasteiger partial charge on any atom is -0.480 e. The van der Waals surface area contributed by atoms with Crippen molar-refractivity contribution in [2.45, 2.75) is 38.0 Å². The molecule has 0 spiro atoms. The van der Waals surface area contributed by atoms with Crippen LogP contribution in [0.4, 0.5) is 13.2 Å². The lowest BCUT2D eigenvalue weighted by Gasteiger charge is -2.23. The second-order valence-corrected chi connectivity index (χ2v) is 5.13. The first-order valence-corrected chi connectivity index (χ1v) is 6.45. The first-order chi connectivity index (χ1) is 9.30. The Balaban J connectivity index is 2.20. The third-order valence-electron chi connectivity index (χ3n) is 3.52. The molecule has 0 bridgehead atoms. The van der Waals surface area contributed by atoms with Crippen molar-refractivity contribution < 1.29 is 23.1 Å². The fraction of sp³-hybridized carbons (Fsp3) is 0.500. The lowest BCUT2D eigenvalue weighted by Crippen LogP contribution is -2.40. The number of carboxylic acid groups (broad SMARTS) is 1. The summed E-state index contributed by atoms with van der Waals surface area (Å²) < 4.78 is 38.8. The molecule has 1 aromatic rings. The normalized spacial score (nSPS) is 18.6. The zero-order chi connectivity index (χ0) is 14.9. The Hall–Kier alpha value is -1.56. The van der Waals surface area contributed by atoms with E-state index >= 15 is 0 Å². The van der Waals surface area contributed by atoms with Crippen LogP contribution >= 0.6 is 0 Å². The number of halogens is 3. The van der Waals surface area contributed by atoms with Gasteiger partial charge in [-0.25, -0.2) is 0 Å². The number of carbonyl (C=O) groups is 1. The van der Waals surface area contributed by atoms with E-state index in [9.17, 15) is 18.0 Å². The molecule has 110 valence electrons. The van der Waals surface area contributed by atoms with Crippen molar-refractivity contribution in [2.24, 2.45) is 5.92 Å². The summed E-state index contributed by atoms with van der Waals surface area (Å²) >= 11 is 0. The van der Waals surface area contributed by atoms with Crippen LogP contribution in [-0.2, 0) is 11.0 Å². The summed E-state index contributed by atoms with van der Waals surface area (Å²) in [5, 5.41) is 11.9. The number of aliphatic carboxylic acids is 1. The highest BCUT2D eigenvalue weighted by Crippen LogP contribution is 2.37. The average Bonchev–Trinajstić information content (AvgIpc) is 3.18. The maximum absolute atomic E-state index is 12.9. The molecule has 0 radical (unpaired) electrons. The lowest BCUT2D eigenvalue weighted by atomic mass is 9.99. The van der Waals surface area contributed by atoms with Crippen LogP contribution in [0.25, 0.3) is 0 Å². The molecule has 0 aliphatic heterocycles. The zero-order valence-electron chi connectivity index (χ0n) is 10.9. The van der Waals surface area contributed by atoms with Crippen molar-refractivity contribution in [3.63, 3.8) is 0 Å². The molecular weight excluding hydrogens is 271 g/mol. The highest BCUT2D eigenvalue weighted by Gasteiger charge is 2.39. The number of rotatable bonds is 5. The zero-order valence-corrected chi connectivity index (χ0v) is 10.9. The Labute approximate surface area is 114 Å². The van der Waals surface area contributed by atoms with Crippen molar-refractivity contribution in [3.05, 3.63) is 35.4 Å². The van der Waals surface area contributed by atoms with Crippen LogP contribution < -0.4 is 5.32 Å². The molecule has 3 nitrogen and oxygen atoms in total. The molecule has 2 rings (SSSR count). The van der Waals surface area contributed by atoms with Gasteiger partial charge in [0.05, 0.1) is 5.56 Å². The monoisotopic (exact) mass is 287 g/mol. The molecule has 2 unspecified atom stereocenters. The number of alkyl halides is 3. The number of nitrogens with one attached hydrogen (secondary N) is 1. The Morgan fingerprint density at radius 2 is 1.95 bits per heavy atom. The van der Waals surface area contributed by atoms with Gasteiger partial charge in [-0.1, -0.05) is 18.2 Å². The predicted molar refractivity (Wildman–Crippen MR) is 67.1 cm³/mol. The SMILES string of the molecule is CC(NC(C(=O)O)C1CC1)c1ccccc1C(F)(F)F. The van der Waals surface area contributed by atoms with Gasteiger partial charge in [0.15, 0.2) is 0 Å². The van der Waals surface area contributed by atoms with Gasteiger partial charge in [-0.05, 0) is 37.3 Å². The third kappa shape index (κ3) is 3.30. The van der Waals surface area contributed by atoms with Crippen molar-refractivity contribution in [3.8, 4) is 0 Å². The summed E-state index contributed by atoms with van der Waals surface area (Å²) in [4.78, 5) is 11.1. The van der Waals surface area contributed by atoms with Crippen molar-refractivity contribution in [2.75, 3.05) is 0 Å². The summed E-state index contributed by atoms with van der Waals surface area (Å²) in [5.74, 6) is -0.989. The number of carboxylic acids is 1. The van der Waals surface area contributed by atoms with Gasteiger partial charge in [0.1, 0.15) is 6.04 Å². The summed E-state index contributed by atoms with van der Waals surface area (Å²) in [7, 11) is 0. The molecule has 1 aromatic carbocycles. The first kappa shape index (κ1) is 14.8. The smallest absolute Gasteiger partial charge is 0.416 e. The van der Waals surface area contributed by atoms with Crippen LogP contribution in [0.2, 0.25) is 0 Å². The van der Waals surface area contributed by atoms with Gasteiger partial charge in [0, 0.05) is 6.04 Å². The molecule has 0 aromatic heterocycles. The van der Waals surface area contributed by atoms with Crippen LogP contribution in [0.3, 0.4) is 0 Å². The first-order valence-electron chi connectivity index (χ1n) is 6.45. The van der Waals surface area contributed by atoms with Gasteiger partial charge >= 0.3 is 12.1 Å². The number of hydrogen-bond donors (Lipinski definition) is 2. The van der Waals surface area contributed by atoms with Gasteiger partial charge in [-0.2, -0.15) is 13.2 Å².